The second-order valence-corrected chi connectivity index (χ2v) is 4.77. The van der Waals surface area contributed by atoms with Gasteiger partial charge in [-0.3, -0.25) is 0 Å². The first-order valence-electron chi connectivity index (χ1n) is 5.20. The molecule has 0 bridgehead atoms. The zero-order valence-corrected chi connectivity index (χ0v) is 10.2. The molecule has 0 amide bonds. The molecule has 0 saturated carbocycles. The number of hydrogen-bond donors (Lipinski definition) is 2. The van der Waals surface area contributed by atoms with Crippen molar-refractivity contribution in [2.75, 3.05) is 18.6 Å². The van der Waals surface area contributed by atoms with Crippen molar-refractivity contribution >= 4 is 11.8 Å². The van der Waals surface area contributed by atoms with E-state index in [-0.39, 0.29) is 0 Å². The Morgan fingerprint density at radius 2 is 2.00 bits per heavy atom. The third-order valence-electron chi connectivity index (χ3n) is 2.21. The van der Waals surface area contributed by atoms with Crippen LogP contribution >= 0.6 is 11.8 Å². The summed E-state index contributed by atoms with van der Waals surface area (Å²) >= 11 is 1.88. The molecule has 0 fully saturated rings. The Bertz CT molecular complexity index is 273. The van der Waals surface area contributed by atoms with E-state index in [1.54, 1.807) is 12.1 Å². The number of benzene rings is 1. The fraction of sp³-hybridized carbons (Fsp3) is 0.500. The van der Waals surface area contributed by atoms with Crippen molar-refractivity contribution in [1.29, 1.82) is 0 Å². The van der Waals surface area contributed by atoms with Crippen LogP contribution in [0.5, 0.6) is 5.75 Å². The van der Waals surface area contributed by atoms with Crippen molar-refractivity contribution in [3.05, 3.63) is 29.8 Å². The van der Waals surface area contributed by atoms with E-state index in [0.29, 0.717) is 11.7 Å². The highest BCUT2D eigenvalue weighted by Gasteiger charge is 2.00. The molecule has 0 saturated heterocycles. The lowest BCUT2D eigenvalue weighted by Gasteiger charge is -2.11. The molecule has 1 aromatic rings. The number of aromatic hydroxyl groups is 1. The topological polar surface area (TPSA) is 32.3 Å². The molecule has 0 radical (unpaired) electrons. The van der Waals surface area contributed by atoms with Crippen LogP contribution in [0.25, 0.3) is 0 Å². The van der Waals surface area contributed by atoms with Crippen molar-refractivity contribution in [3.63, 3.8) is 0 Å². The average Bonchev–Trinajstić information content (AvgIpc) is 2.21. The van der Waals surface area contributed by atoms with Crippen molar-refractivity contribution in [1.82, 2.24) is 5.32 Å². The molecule has 0 aliphatic heterocycles. The minimum Gasteiger partial charge on any atom is -0.508 e. The largest absolute Gasteiger partial charge is 0.508 e. The van der Waals surface area contributed by atoms with Gasteiger partial charge in [-0.25, -0.2) is 0 Å². The molecule has 0 aliphatic rings. The maximum atomic E-state index is 9.12. The van der Waals surface area contributed by atoms with Gasteiger partial charge in [0.1, 0.15) is 5.75 Å². The quantitative estimate of drug-likeness (QED) is 0.780. The maximum absolute atomic E-state index is 9.12. The van der Waals surface area contributed by atoms with Crippen LogP contribution in [0.2, 0.25) is 0 Å². The van der Waals surface area contributed by atoms with Gasteiger partial charge in [-0.05, 0) is 42.2 Å². The molecule has 0 heterocycles. The normalized spacial score (nSPS) is 12.7. The van der Waals surface area contributed by atoms with E-state index < -0.39 is 0 Å². The summed E-state index contributed by atoms with van der Waals surface area (Å²) in [5, 5.41) is 12.5. The molecule has 1 unspecified atom stereocenters. The van der Waals surface area contributed by atoms with Crippen molar-refractivity contribution in [2.45, 2.75) is 13.5 Å². The summed E-state index contributed by atoms with van der Waals surface area (Å²) in [6.07, 6.45) is 2.14. The van der Waals surface area contributed by atoms with E-state index in [9.17, 15) is 0 Å². The molecular weight excluding hydrogens is 206 g/mol. The summed E-state index contributed by atoms with van der Waals surface area (Å²) in [4.78, 5) is 0. The molecule has 15 heavy (non-hydrogen) atoms. The first-order chi connectivity index (χ1) is 7.22. The van der Waals surface area contributed by atoms with Crippen LogP contribution in [0, 0.1) is 5.92 Å². The first-order valence-corrected chi connectivity index (χ1v) is 6.59. The predicted molar refractivity (Wildman–Crippen MR) is 67.4 cm³/mol. The third-order valence-corrected chi connectivity index (χ3v) is 3.11. The molecule has 3 heteroatoms. The van der Waals surface area contributed by atoms with E-state index >= 15 is 0 Å². The predicted octanol–water partition coefficient (Wildman–Crippen LogP) is 2.48. The van der Waals surface area contributed by atoms with Crippen LogP contribution in [0.3, 0.4) is 0 Å². The Labute approximate surface area is 96.1 Å². The SMILES string of the molecule is CSCC(C)CNCc1ccc(O)cc1. The Hall–Kier alpha value is -0.670. The molecule has 1 rings (SSSR count). The summed E-state index contributed by atoms with van der Waals surface area (Å²) in [6.45, 7) is 4.17. The zero-order valence-electron chi connectivity index (χ0n) is 9.36. The monoisotopic (exact) mass is 225 g/mol. The van der Waals surface area contributed by atoms with Crippen LogP contribution in [0.4, 0.5) is 0 Å². The van der Waals surface area contributed by atoms with Gasteiger partial charge in [0.15, 0.2) is 0 Å². The molecule has 84 valence electrons. The highest BCUT2D eigenvalue weighted by Crippen LogP contribution is 2.09. The van der Waals surface area contributed by atoms with Crippen LogP contribution < -0.4 is 5.32 Å². The van der Waals surface area contributed by atoms with Gasteiger partial charge in [0.05, 0.1) is 0 Å². The highest BCUT2D eigenvalue weighted by molar-refractivity contribution is 7.98. The Balaban J connectivity index is 2.22. The average molecular weight is 225 g/mol. The van der Waals surface area contributed by atoms with E-state index in [4.69, 9.17) is 5.11 Å². The minimum absolute atomic E-state index is 0.328. The third kappa shape index (κ3) is 5.09. The lowest BCUT2D eigenvalue weighted by atomic mass is 10.2. The van der Waals surface area contributed by atoms with Gasteiger partial charge in [0.2, 0.25) is 0 Å². The van der Waals surface area contributed by atoms with Gasteiger partial charge >= 0.3 is 0 Å². The Morgan fingerprint density at radius 3 is 2.60 bits per heavy atom. The zero-order chi connectivity index (χ0) is 11.1. The van der Waals surface area contributed by atoms with Gasteiger partial charge in [0.25, 0.3) is 0 Å². The summed E-state index contributed by atoms with van der Waals surface area (Å²) < 4.78 is 0. The molecule has 1 aromatic carbocycles. The van der Waals surface area contributed by atoms with Crippen molar-refractivity contribution in [3.8, 4) is 5.75 Å². The maximum Gasteiger partial charge on any atom is 0.115 e. The fourth-order valence-electron chi connectivity index (χ4n) is 1.42. The Kier molecular flexibility index (Phi) is 5.58. The van der Waals surface area contributed by atoms with Crippen molar-refractivity contribution in [2.24, 2.45) is 5.92 Å². The number of phenols is 1. The van der Waals surface area contributed by atoms with Crippen molar-refractivity contribution < 1.29 is 5.11 Å². The van der Waals surface area contributed by atoms with Gasteiger partial charge in [-0.2, -0.15) is 11.8 Å². The summed E-state index contributed by atoms with van der Waals surface area (Å²) in [7, 11) is 0. The van der Waals surface area contributed by atoms with Crippen LogP contribution in [-0.4, -0.2) is 23.7 Å². The van der Waals surface area contributed by atoms with Gasteiger partial charge in [-0.15, -0.1) is 0 Å². The number of rotatable bonds is 6. The van der Waals surface area contributed by atoms with Crippen LogP contribution in [0.15, 0.2) is 24.3 Å². The molecule has 0 aliphatic carbocycles. The first kappa shape index (κ1) is 12.4. The molecule has 0 spiro atoms. The molecule has 2 N–H and O–H groups in total. The number of hydrogen-bond acceptors (Lipinski definition) is 3. The summed E-state index contributed by atoms with van der Waals surface area (Å²) in [6, 6.07) is 7.34. The standard InChI is InChI=1S/C12H19NOS/c1-10(9-15-2)7-13-8-11-3-5-12(14)6-4-11/h3-6,10,13-14H,7-9H2,1-2H3. The summed E-state index contributed by atoms with van der Waals surface area (Å²) in [5.74, 6) is 2.23. The second kappa shape index (κ2) is 6.75. The summed E-state index contributed by atoms with van der Waals surface area (Å²) in [5.41, 5.74) is 1.21. The number of nitrogens with one attached hydrogen (secondary N) is 1. The minimum atomic E-state index is 0.328. The molecule has 0 aromatic heterocycles. The van der Waals surface area contributed by atoms with E-state index in [2.05, 4.69) is 18.5 Å². The number of phenolic OH excluding ortho intramolecular Hbond substituents is 1. The van der Waals surface area contributed by atoms with Crippen LogP contribution in [0.1, 0.15) is 12.5 Å². The van der Waals surface area contributed by atoms with Gasteiger partial charge in [-0.1, -0.05) is 19.1 Å². The lowest BCUT2D eigenvalue weighted by Crippen LogP contribution is -2.21. The molecular formula is C12H19NOS. The molecule has 1 atom stereocenters. The van der Waals surface area contributed by atoms with E-state index in [0.717, 1.165) is 13.1 Å². The lowest BCUT2D eigenvalue weighted by molar-refractivity contribution is 0.475. The molecule has 2 nitrogen and oxygen atoms in total. The second-order valence-electron chi connectivity index (χ2n) is 3.86. The van der Waals surface area contributed by atoms with E-state index in [1.807, 2.05) is 23.9 Å². The Morgan fingerprint density at radius 1 is 1.33 bits per heavy atom. The smallest absolute Gasteiger partial charge is 0.115 e. The highest BCUT2D eigenvalue weighted by atomic mass is 32.2. The van der Waals surface area contributed by atoms with E-state index in [1.165, 1.54) is 11.3 Å². The number of thioether (sulfide) groups is 1. The van der Waals surface area contributed by atoms with Gasteiger partial charge in [0, 0.05) is 6.54 Å². The fourth-order valence-corrected chi connectivity index (χ4v) is 2.11. The van der Waals surface area contributed by atoms with Crippen LogP contribution in [-0.2, 0) is 6.54 Å². The van der Waals surface area contributed by atoms with Gasteiger partial charge < -0.3 is 10.4 Å².